The quantitative estimate of drug-likeness (QED) is 0.0976. The number of ether oxygens (including phenoxy) is 5. The van der Waals surface area contributed by atoms with E-state index in [1.807, 2.05) is 0 Å². The van der Waals surface area contributed by atoms with Crippen molar-refractivity contribution in [3.63, 3.8) is 0 Å². The van der Waals surface area contributed by atoms with Crippen molar-refractivity contribution < 1.29 is 72.9 Å². The maximum Gasteiger partial charge on any atom is 0.253 e. The van der Waals surface area contributed by atoms with Gasteiger partial charge < -0.3 is 49.4 Å². The maximum atomic E-state index is 14.4. The predicted octanol–water partition coefficient (Wildman–Crippen LogP) is 1.13. The van der Waals surface area contributed by atoms with Crippen molar-refractivity contribution in [3.8, 4) is 11.5 Å². The van der Waals surface area contributed by atoms with Crippen LogP contribution in [-0.4, -0.2) is 141 Å². The summed E-state index contributed by atoms with van der Waals surface area (Å²) in [6, 6.07) is 3.99. The number of Topliss-reactive ketones (excluding diaryl/α,β-unsaturated/α-hetero) is 1. The zero-order valence-electron chi connectivity index (χ0n) is 32.4. The molecule has 5 N–H and O–H groups in total. The molecular formula is C41H45N3O15. The first-order chi connectivity index (χ1) is 28.3. The first-order valence-corrected chi connectivity index (χ1v) is 19.7. The molecule has 59 heavy (non-hydrogen) atoms. The molecular weight excluding hydrogens is 774 g/mol. The van der Waals surface area contributed by atoms with E-state index in [9.17, 15) is 49.2 Å². The minimum absolute atomic E-state index is 0.00165. The fourth-order valence-electron chi connectivity index (χ4n) is 9.25. The number of benzene rings is 2. The van der Waals surface area contributed by atoms with E-state index < -0.39 is 102 Å². The molecule has 0 bridgehead atoms. The summed E-state index contributed by atoms with van der Waals surface area (Å²) in [4.78, 5) is 81.5. The maximum absolute atomic E-state index is 14.4. The van der Waals surface area contributed by atoms with E-state index in [0.717, 1.165) is 4.90 Å². The summed E-state index contributed by atoms with van der Waals surface area (Å²) in [5.41, 5.74) is -4.13. The average Bonchev–Trinajstić information content (AvgIpc) is 3.75. The molecule has 314 valence electrons. The number of nitrogens with one attached hydrogen (secondary N) is 1. The van der Waals surface area contributed by atoms with Gasteiger partial charge in [-0.1, -0.05) is 18.6 Å². The highest BCUT2D eigenvalue weighted by Crippen LogP contribution is 2.53. The number of carbonyl (C=O) groups excluding carboxylic acids is 6. The molecule has 3 fully saturated rings. The smallest absolute Gasteiger partial charge is 0.253 e. The number of aromatic hydroxyl groups is 2. The monoisotopic (exact) mass is 819 g/mol. The van der Waals surface area contributed by atoms with Crippen LogP contribution in [0.15, 0.2) is 30.4 Å². The molecule has 3 amide bonds. The Morgan fingerprint density at radius 3 is 2.46 bits per heavy atom. The summed E-state index contributed by atoms with van der Waals surface area (Å²) in [5, 5.41) is 48.0. The van der Waals surface area contributed by atoms with Crippen LogP contribution in [-0.2, 0) is 49.3 Å². The van der Waals surface area contributed by atoms with Crippen molar-refractivity contribution in [2.24, 2.45) is 0 Å². The minimum Gasteiger partial charge on any atom is -0.507 e. The largest absolute Gasteiger partial charge is 0.507 e. The van der Waals surface area contributed by atoms with E-state index in [1.54, 1.807) is 6.92 Å². The highest BCUT2D eigenvalue weighted by atomic mass is 16.7. The summed E-state index contributed by atoms with van der Waals surface area (Å²) < 4.78 is 30.2. The number of hydrogen-bond acceptors (Lipinski definition) is 16. The minimum atomic E-state index is -2.30. The molecule has 18 heteroatoms. The van der Waals surface area contributed by atoms with Crippen LogP contribution < -0.4 is 5.32 Å². The molecule has 18 nitrogen and oxygen atoms in total. The van der Waals surface area contributed by atoms with Crippen molar-refractivity contribution in [3.05, 3.63) is 63.7 Å². The zero-order valence-corrected chi connectivity index (χ0v) is 32.4. The molecule has 0 unspecified atom stereocenters. The summed E-state index contributed by atoms with van der Waals surface area (Å²) in [6.45, 7) is 1.88. The van der Waals surface area contributed by atoms with Crippen LogP contribution in [0.3, 0.4) is 0 Å². The van der Waals surface area contributed by atoms with Crippen molar-refractivity contribution in [1.29, 1.82) is 0 Å². The molecule has 4 aliphatic heterocycles. The van der Waals surface area contributed by atoms with Crippen molar-refractivity contribution in [2.75, 3.05) is 38.7 Å². The van der Waals surface area contributed by atoms with E-state index in [4.69, 9.17) is 23.7 Å². The number of nitrogens with zero attached hydrogens (tertiary/aromatic N) is 2. The second-order valence-corrected chi connectivity index (χ2v) is 15.6. The molecule has 0 spiro atoms. The topological polar surface area (TPSA) is 248 Å². The van der Waals surface area contributed by atoms with Crippen molar-refractivity contribution in [1.82, 2.24) is 9.80 Å². The number of carbonyl (C=O) groups is 6. The Balaban J connectivity index is 1.06. The second-order valence-electron chi connectivity index (χ2n) is 15.6. The van der Waals surface area contributed by atoms with E-state index in [1.165, 1.54) is 37.5 Å². The molecule has 3 saturated heterocycles. The molecule has 8 rings (SSSR count). The number of rotatable bonds is 12. The van der Waals surface area contributed by atoms with Crippen molar-refractivity contribution in [2.45, 2.75) is 101 Å². The van der Waals surface area contributed by atoms with Crippen LogP contribution in [0, 0.1) is 0 Å². The Labute approximate surface area is 337 Å². The lowest BCUT2D eigenvalue weighted by atomic mass is 9.71. The Bertz CT molecular complexity index is 2140. The first-order valence-electron chi connectivity index (χ1n) is 19.7. The lowest BCUT2D eigenvalue weighted by Gasteiger charge is -2.43. The number of phenols is 2. The molecule has 4 heterocycles. The van der Waals surface area contributed by atoms with Gasteiger partial charge in [0.1, 0.15) is 29.8 Å². The predicted molar refractivity (Wildman–Crippen MR) is 200 cm³/mol. The Morgan fingerprint density at radius 2 is 1.73 bits per heavy atom. The fraction of sp³-hybridized carbons (Fsp3) is 0.512. The standard InChI is InChI=1S/C41H45N3O15/c1-19-38-23(43-13-14-56-40(55-2)39(43)59-38)15-29(57-19)58-24-17-41(54,25(46)18-45)16-21-31(24)37(53)33-32(35(21)51)34(50)20-7-6-8-22(30(20)36(33)52)42-26(47)9-4-3-5-12-44-27(48)10-11-28(44)49/h6-8,10-11,19,23-24,29,38-40,45,51,53-54H,3-5,9,12-18H2,1-2H3,(H,42,47)/t19-,23-,24-,29-,38+,39+,40-,41-/m0/s1. The summed E-state index contributed by atoms with van der Waals surface area (Å²) >= 11 is 0. The van der Waals surface area contributed by atoms with Crippen LogP contribution in [0.4, 0.5) is 5.69 Å². The number of morpholine rings is 1. The number of ketones is 3. The van der Waals surface area contributed by atoms with Gasteiger partial charge in [-0.25, -0.2) is 0 Å². The third kappa shape index (κ3) is 7.06. The van der Waals surface area contributed by atoms with E-state index in [0.29, 0.717) is 32.4 Å². The summed E-state index contributed by atoms with van der Waals surface area (Å²) in [5.74, 6) is -5.43. The number of fused-ring (bicyclic) bond motifs is 6. The lowest BCUT2D eigenvalue weighted by molar-refractivity contribution is -0.256. The molecule has 2 aromatic carbocycles. The van der Waals surface area contributed by atoms with Crippen LogP contribution in [0.5, 0.6) is 11.5 Å². The number of imide groups is 1. The number of phenolic OH excluding ortho intramolecular Hbond substituents is 2. The van der Waals surface area contributed by atoms with E-state index >= 15 is 0 Å². The van der Waals surface area contributed by atoms with Crippen molar-refractivity contribution >= 4 is 40.8 Å². The molecule has 0 saturated carbocycles. The van der Waals surface area contributed by atoms with Gasteiger partial charge in [-0.15, -0.1) is 0 Å². The molecule has 6 aliphatic rings. The molecule has 0 radical (unpaired) electrons. The number of unbranched alkanes of at least 4 members (excludes halogenated alkanes) is 2. The van der Waals surface area contributed by atoms with Gasteiger partial charge >= 0.3 is 0 Å². The number of amides is 3. The second kappa shape index (κ2) is 15.9. The normalized spacial score (nSPS) is 29.8. The Morgan fingerprint density at radius 1 is 0.983 bits per heavy atom. The lowest BCUT2D eigenvalue weighted by Crippen LogP contribution is -2.55. The molecule has 2 aromatic rings. The van der Waals surface area contributed by atoms with Crippen LogP contribution in [0.25, 0.3) is 0 Å². The Kier molecular flexibility index (Phi) is 11.0. The number of hydrogen-bond donors (Lipinski definition) is 5. The molecule has 0 aromatic heterocycles. The zero-order chi connectivity index (χ0) is 41.9. The van der Waals surface area contributed by atoms with E-state index in [2.05, 4.69) is 10.2 Å². The Hall–Kier alpha value is -4.92. The summed E-state index contributed by atoms with van der Waals surface area (Å²) in [6.07, 6.45) is -1.52. The molecule has 8 atom stereocenters. The first kappa shape index (κ1) is 40.8. The van der Waals surface area contributed by atoms with Crippen LogP contribution in [0.1, 0.15) is 94.5 Å². The van der Waals surface area contributed by atoms with Gasteiger partial charge in [-0.2, -0.15) is 0 Å². The number of aliphatic hydroxyl groups is 2. The number of aliphatic hydroxyl groups excluding tert-OH is 1. The number of anilines is 1. The third-order valence-electron chi connectivity index (χ3n) is 12.1. The third-order valence-corrected chi connectivity index (χ3v) is 12.1. The molecule has 2 aliphatic carbocycles. The fourth-order valence-corrected chi connectivity index (χ4v) is 9.25. The van der Waals surface area contributed by atoms with E-state index in [-0.39, 0.29) is 71.3 Å². The van der Waals surface area contributed by atoms with Gasteiger partial charge in [0.25, 0.3) is 11.8 Å². The van der Waals surface area contributed by atoms with Gasteiger partial charge in [-0.3, -0.25) is 38.6 Å². The van der Waals surface area contributed by atoms with Gasteiger partial charge in [-0.05, 0) is 25.8 Å². The van der Waals surface area contributed by atoms with Crippen LogP contribution >= 0.6 is 0 Å². The average molecular weight is 820 g/mol. The highest BCUT2D eigenvalue weighted by molar-refractivity contribution is 6.32. The SMILES string of the molecule is CO[C@H]1OCCN2[C@@H]1O[C@@H]1[C@H](C)O[C@@H](O[C@H]3C[C@](O)(C(=O)CO)Cc4c(O)c5c(c(O)c43)C(=O)c3c(NC(=O)CCCCCN4C(=O)C=CC4=O)cccc3C5=O)C[C@@H]12. The van der Waals surface area contributed by atoms with Gasteiger partial charge in [0.2, 0.25) is 5.91 Å². The van der Waals surface area contributed by atoms with Gasteiger partial charge in [0, 0.05) is 80.8 Å². The highest BCUT2D eigenvalue weighted by Gasteiger charge is 2.55. The van der Waals surface area contributed by atoms with Crippen LogP contribution in [0.2, 0.25) is 0 Å². The van der Waals surface area contributed by atoms with Gasteiger partial charge in [0.05, 0.1) is 41.2 Å². The summed E-state index contributed by atoms with van der Waals surface area (Å²) in [7, 11) is 1.52. The number of methoxy groups -OCH3 is 1. The van der Waals surface area contributed by atoms with Gasteiger partial charge in [0.15, 0.2) is 36.2 Å².